The first-order valence-electron chi connectivity index (χ1n) is 6.28. The van der Waals surface area contributed by atoms with Crippen molar-refractivity contribution in [3.05, 3.63) is 29.6 Å². The zero-order valence-electron chi connectivity index (χ0n) is 11.2. The zero-order chi connectivity index (χ0) is 15.9. The van der Waals surface area contributed by atoms with Gasteiger partial charge in [0.1, 0.15) is 11.9 Å². The number of nitrogens with one attached hydrogen (secondary N) is 1. The molecule has 0 radical (unpaired) electrons. The van der Waals surface area contributed by atoms with Crippen LogP contribution in [0.3, 0.4) is 0 Å². The summed E-state index contributed by atoms with van der Waals surface area (Å²) >= 11 is 0. The van der Waals surface area contributed by atoms with Crippen molar-refractivity contribution in [3.8, 4) is 6.07 Å². The summed E-state index contributed by atoms with van der Waals surface area (Å²) in [6.45, 7) is 0.154. The molecule has 0 unspecified atom stereocenters. The van der Waals surface area contributed by atoms with Crippen LogP contribution in [0.1, 0.15) is 31.2 Å². The molecule has 1 rings (SSSR count). The Morgan fingerprint density at radius 3 is 2.67 bits per heavy atom. The van der Waals surface area contributed by atoms with Crippen molar-refractivity contribution in [2.75, 3.05) is 6.54 Å². The molecular formula is C13H15FN2O4S. The Balaban J connectivity index is 2.54. The molecule has 0 spiro atoms. The molecule has 0 saturated carbocycles. The lowest BCUT2D eigenvalue weighted by Crippen LogP contribution is -2.25. The fraction of sp³-hybridized carbons (Fsp3) is 0.385. The first-order chi connectivity index (χ1) is 9.86. The van der Waals surface area contributed by atoms with E-state index < -0.39 is 21.8 Å². The van der Waals surface area contributed by atoms with Gasteiger partial charge in [0.05, 0.1) is 10.5 Å². The molecule has 114 valence electrons. The number of rotatable bonds is 8. The van der Waals surface area contributed by atoms with Crippen molar-refractivity contribution < 1.29 is 22.7 Å². The molecule has 0 saturated heterocycles. The Morgan fingerprint density at radius 1 is 1.33 bits per heavy atom. The molecule has 8 heteroatoms. The quantitative estimate of drug-likeness (QED) is 0.709. The summed E-state index contributed by atoms with van der Waals surface area (Å²) in [7, 11) is -3.80. The molecule has 0 amide bonds. The zero-order valence-corrected chi connectivity index (χ0v) is 12.0. The van der Waals surface area contributed by atoms with Crippen LogP contribution >= 0.6 is 0 Å². The second-order valence-corrected chi connectivity index (χ2v) is 6.12. The number of hydrogen-bond acceptors (Lipinski definition) is 4. The molecule has 1 aromatic rings. The van der Waals surface area contributed by atoms with Gasteiger partial charge in [-0.05, 0) is 31.0 Å². The number of aliphatic carboxylic acids is 1. The maximum atomic E-state index is 13.1. The largest absolute Gasteiger partial charge is 0.481 e. The van der Waals surface area contributed by atoms with Gasteiger partial charge in [-0.25, -0.2) is 17.5 Å². The summed E-state index contributed by atoms with van der Waals surface area (Å²) in [6.07, 6.45) is 1.61. The van der Waals surface area contributed by atoms with Crippen molar-refractivity contribution >= 4 is 16.0 Å². The smallest absolute Gasteiger partial charge is 0.303 e. The summed E-state index contributed by atoms with van der Waals surface area (Å²) in [6, 6.07) is 4.57. The van der Waals surface area contributed by atoms with E-state index >= 15 is 0 Å². The standard InChI is InChI=1S/C13H15FN2O4S/c14-12-6-5-11(8-10(12)9-15)21(19,20)16-7-3-1-2-4-13(17)18/h5-6,8,16H,1-4,7H2,(H,17,18). The maximum absolute atomic E-state index is 13.1. The lowest BCUT2D eigenvalue weighted by Gasteiger charge is -2.07. The average molecular weight is 314 g/mol. The van der Waals surface area contributed by atoms with Crippen molar-refractivity contribution in [2.24, 2.45) is 0 Å². The number of hydrogen-bond donors (Lipinski definition) is 2. The molecule has 0 heterocycles. The Hall–Kier alpha value is -1.98. The van der Waals surface area contributed by atoms with Crippen LogP contribution in [0.2, 0.25) is 0 Å². The minimum Gasteiger partial charge on any atom is -0.481 e. The van der Waals surface area contributed by atoms with E-state index in [1.807, 2.05) is 0 Å². The van der Waals surface area contributed by atoms with Crippen LogP contribution < -0.4 is 4.72 Å². The van der Waals surface area contributed by atoms with E-state index in [2.05, 4.69) is 4.72 Å². The van der Waals surface area contributed by atoms with E-state index in [1.165, 1.54) is 0 Å². The number of unbranched alkanes of at least 4 members (excludes halogenated alkanes) is 2. The Kier molecular flexibility index (Phi) is 6.27. The van der Waals surface area contributed by atoms with Crippen LogP contribution in [0.5, 0.6) is 0 Å². The second-order valence-electron chi connectivity index (χ2n) is 4.36. The molecule has 0 aliphatic carbocycles. The molecule has 0 aliphatic rings. The van der Waals surface area contributed by atoms with Gasteiger partial charge in [-0.1, -0.05) is 6.42 Å². The topological polar surface area (TPSA) is 107 Å². The van der Waals surface area contributed by atoms with Crippen LogP contribution in [-0.2, 0) is 14.8 Å². The molecule has 21 heavy (non-hydrogen) atoms. The molecule has 0 fully saturated rings. The van der Waals surface area contributed by atoms with Crippen LogP contribution in [0, 0.1) is 17.1 Å². The number of nitriles is 1. The summed E-state index contributed by atoms with van der Waals surface area (Å²) in [5, 5.41) is 17.1. The van der Waals surface area contributed by atoms with Gasteiger partial charge in [-0.2, -0.15) is 5.26 Å². The molecule has 6 nitrogen and oxygen atoms in total. The number of carbonyl (C=O) groups is 1. The van der Waals surface area contributed by atoms with E-state index in [0.29, 0.717) is 19.3 Å². The van der Waals surface area contributed by atoms with E-state index in [4.69, 9.17) is 10.4 Å². The van der Waals surface area contributed by atoms with Crippen LogP contribution in [0.4, 0.5) is 4.39 Å². The minimum atomic E-state index is -3.80. The van der Waals surface area contributed by atoms with Crippen LogP contribution in [-0.4, -0.2) is 26.0 Å². The van der Waals surface area contributed by atoms with Gasteiger partial charge in [-0.3, -0.25) is 4.79 Å². The normalized spacial score (nSPS) is 11.0. The average Bonchev–Trinajstić information content (AvgIpc) is 2.42. The molecule has 0 bridgehead atoms. The second kappa shape index (κ2) is 7.71. The van der Waals surface area contributed by atoms with E-state index in [9.17, 15) is 17.6 Å². The van der Waals surface area contributed by atoms with Gasteiger partial charge in [-0.15, -0.1) is 0 Å². The summed E-state index contributed by atoms with van der Waals surface area (Å²) in [5.41, 5.74) is -0.334. The predicted molar refractivity (Wildman–Crippen MR) is 72.4 cm³/mol. The molecule has 1 aromatic carbocycles. The highest BCUT2D eigenvalue weighted by Gasteiger charge is 2.15. The Morgan fingerprint density at radius 2 is 2.05 bits per heavy atom. The third-order valence-electron chi connectivity index (χ3n) is 2.73. The van der Waals surface area contributed by atoms with E-state index in [-0.39, 0.29) is 23.4 Å². The van der Waals surface area contributed by atoms with Gasteiger partial charge < -0.3 is 5.11 Å². The molecular weight excluding hydrogens is 299 g/mol. The highest BCUT2D eigenvalue weighted by Crippen LogP contribution is 2.14. The maximum Gasteiger partial charge on any atom is 0.303 e. The van der Waals surface area contributed by atoms with Crippen molar-refractivity contribution in [3.63, 3.8) is 0 Å². The van der Waals surface area contributed by atoms with Gasteiger partial charge >= 0.3 is 5.97 Å². The van der Waals surface area contributed by atoms with Gasteiger partial charge in [0.15, 0.2) is 0 Å². The highest BCUT2D eigenvalue weighted by molar-refractivity contribution is 7.89. The van der Waals surface area contributed by atoms with E-state index in [0.717, 1.165) is 18.2 Å². The van der Waals surface area contributed by atoms with Gasteiger partial charge in [0.25, 0.3) is 0 Å². The van der Waals surface area contributed by atoms with E-state index in [1.54, 1.807) is 6.07 Å². The predicted octanol–water partition coefficient (Wildman–Crippen LogP) is 1.62. The lowest BCUT2D eigenvalue weighted by molar-refractivity contribution is -0.137. The number of nitrogens with zero attached hydrogens (tertiary/aromatic N) is 1. The SMILES string of the molecule is N#Cc1cc(S(=O)(=O)NCCCCCC(=O)O)ccc1F. The first-order valence-corrected chi connectivity index (χ1v) is 7.76. The number of benzene rings is 1. The number of carboxylic acid groups (broad SMARTS) is 1. The number of carboxylic acids is 1. The third kappa shape index (κ3) is 5.49. The monoisotopic (exact) mass is 314 g/mol. The summed E-state index contributed by atoms with van der Waals surface area (Å²) in [4.78, 5) is 10.1. The minimum absolute atomic E-state index is 0.0518. The Labute approximate surface area is 122 Å². The van der Waals surface area contributed by atoms with Gasteiger partial charge in [0, 0.05) is 13.0 Å². The first kappa shape index (κ1) is 17.1. The highest BCUT2D eigenvalue weighted by atomic mass is 32.2. The fourth-order valence-corrected chi connectivity index (χ4v) is 2.73. The fourth-order valence-electron chi connectivity index (χ4n) is 1.63. The molecule has 0 aromatic heterocycles. The summed E-state index contributed by atoms with van der Waals surface area (Å²) in [5.74, 6) is -1.66. The molecule has 0 aliphatic heterocycles. The van der Waals surface area contributed by atoms with Gasteiger partial charge in [0.2, 0.25) is 10.0 Å². The van der Waals surface area contributed by atoms with Crippen molar-refractivity contribution in [1.82, 2.24) is 4.72 Å². The molecule has 2 N–H and O–H groups in total. The van der Waals surface area contributed by atoms with Crippen LogP contribution in [0.15, 0.2) is 23.1 Å². The number of sulfonamides is 1. The lowest BCUT2D eigenvalue weighted by atomic mass is 10.2. The van der Waals surface area contributed by atoms with Crippen LogP contribution in [0.25, 0.3) is 0 Å². The van der Waals surface area contributed by atoms with Crippen molar-refractivity contribution in [1.29, 1.82) is 5.26 Å². The summed E-state index contributed by atoms with van der Waals surface area (Å²) < 4.78 is 39.3. The molecule has 0 atom stereocenters. The number of halogens is 1. The van der Waals surface area contributed by atoms with Crippen molar-refractivity contribution in [2.45, 2.75) is 30.6 Å². The Bertz CT molecular complexity index is 653. The third-order valence-corrected chi connectivity index (χ3v) is 4.19.